The Bertz CT molecular complexity index is 1420. The predicted octanol–water partition coefficient (Wildman–Crippen LogP) is 3.13. The van der Waals surface area contributed by atoms with Crippen LogP contribution < -0.4 is 15.8 Å². The number of anilines is 2. The minimum Gasteiger partial charge on any atom is -0.369 e. The van der Waals surface area contributed by atoms with Crippen LogP contribution in [0.4, 0.5) is 11.4 Å². The fraction of sp³-hybridized carbons (Fsp3) is 0.333. The predicted molar refractivity (Wildman–Crippen MR) is 142 cm³/mol. The molecule has 1 saturated heterocycles. The fourth-order valence-corrected chi connectivity index (χ4v) is 4.59. The van der Waals surface area contributed by atoms with E-state index in [1.165, 1.54) is 11.9 Å². The molecule has 0 spiro atoms. The topological polar surface area (TPSA) is 99.1 Å². The van der Waals surface area contributed by atoms with Crippen LogP contribution in [0.5, 0.6) is 0 Å². The van der Waals surface area contributed by atoms with Crippen molar-refractivity contribution in [1.82, 2.24) is 24.6 Å². The molecule has 0 saturated carbocycles. The van der Waals surface area contributed by atoms with E-state index in [0.29, 0.717) is 23.3 Å². The highest BCUT2D eigenvalue weighted by molar-refractivity contribution is 5.92. The van der Waals surface area contributed by atoms with Gasteiger partial charge in [0.1, 0.15) is 11.2 Å². The summed E-state index contributed by atoms with van der Waals surface area (Å²) in [6.07, 6.45) is 2.03. The summed E-state index contributed by atoms with van der Waals surface area (Å²) in [5.41, 5.74) is 4.05. The second kappa shape index (κ2) is 10.3. The number of piperazine rings is 1. The Morgan fingerprint density at radius 2 is 1.83 bits per heavy atom. The second-order valence-electron chi connectivity index (χ2n) is 9.11. The molecule has 1 fully saturated rings. The van der Waals surface area contributed by atoms with Crippen LogP contribution in [0.15, 0.2) is 59.5 Å². The lowest BCUT2D eigenvalue weighted by molar-refractivity contribution is -0.116. The molecule has 2 aromatic heterocycles. The molecule has 0 radical (unpaired) electrons. The molecule has 9 nitrogen and oxygen atoms in total. The van der Waals surface area contributed by atoms with Gasteiger partial charge in [0.15, 0.2) is 5.65 Å². The van der Waals surface area contributed by atoms with Gasteiger partial charge in [-0.15, -0.1) is 0 Å². The van der Waals surface area contributed by atoms with Gasteiger partial charge in [0, 0.05) is 50.4 Å². The number of carbonyl (C=O) groups is 1. The summed E-state index contributed by atoms with van der Waals surface area (Å²) in [7, 11) is 0. The van der Waals surface area contributed by atoms with E-state index in [-0.39, 0.29) is 17.9 Å². The number of nitrogens with zero attached hydrogens (tertiary/aromatic N) is 5. The number of para-hydroxylation sites is 1. The molecular formula is C27H31N7O2. The molecule has 1 aliphatic rings. The van der Waals surface area contributed by atoms with Crippen molar-refractivity contribution in [2.45, 2.75) is 26.7 Å². The number of hydrogen-bond acceptors (Lipinski definition) is 6. The van der Waals surface area contributed by atoms with Gasteiger partial charge in [0.25, 0.3) is 5.56 Å². The van der Waals surface area contributed by atoms with Gasteiger partial charge in [0.05, 0.1) is 11.9 Å². The number of nitrogens with one attached hydrogen (secondary N) is 2. The molecule has 0 bridgehead atoms. The largest absolute Gasteiger partial charge is 0.369 e. The normalized spacial score (nSPS) is 14.3. The van der Waals surface area contributed by atoms with E-state index >= 15 is 0 Å². The van der Waals surface area contributed by atoms with Gasteiger partial charge in [-0.2, -0.15) is 5.10 Å². The summed E-state index contributed by atoms with van der Waals surface area (Å²) in [5, 5.41) is 7.75. The smallest absolute Gasteiger partial charge is 0.262 e. The van der Waals surface area contributed by atoms with Crippen molar-refractivity contribution in [1.29, 1.82) is 0 Å². The van der Waals surface area contributed by atoms with Crippen LogP contribution in [-0.2, 0) is 11.2 Å². The van der Waals surface area contributed by atoms with Gasteiger partial charge in [-0.1, -0.05) is 25.1 Å². The highest BCUT2D eigenvalue weighted by Gasteiger charge is 2.17. The number of carbonyl (C=O) groups excluding carboxylic acids is 1. The molecule has 2 aromatic carbocycles. The van der Waals surface area contributed by atoms with E-state index in [0.717, 1.165) is 49.7 Å². The molecule has 1 amide bonds. The molecule has 1 aliphatic heterocycles. The Morgan fingerprint density at radius 3 is 2.56 bits per heavy atom. The first kappa shape index (κ1) is 23.7. The first-order valence-electron chi connectivity index (χ1n) is 12.4. The van der Waals surface area contributed by atoms with Crippen molar-refractivity contribution < 1.29 is 4.79 Å². The van der Waals surface area contributed by atoms with Crippen molar-refractivity contribution in [3.63, 3.8) is 0 Å². The first-order valence-corrected chi connectivity index (χ1v) is 12.4. The Balaban J connectivity index is 1.24. The first-order chi connectivity index (χ1) is 17.5. The van der Waals surface area contributed by atoms with Crippen molar-refractivity contribution in [3.05, 3.63) is 76.5 Å². The van der Waals surface area contributed by atoms with Crippen LogP contribution in [0.3, 0.4) is 0 Å². The number of rotatable bonds is 7. The monoisotopic (exact) mass is 485 g/mol. The lowest BCUT2D eigenvalue weighted by Gasteiger charge is -2.35. The highest BCUT2D eigenvalue weighted by Crippen LogP contribution is 2.24. The van der Waals surface area contributed by atoms with Crippen LogP contribution in [0, 0.1) is 6.92 Å². The number of likely N-dealkylation sites (N-methyl/N-ethyl adjacent to an activating group) is 1. The summed E-state index contributed by atoms with van der Waals surface area (Å²) in [5.74, 6) is 0.334. The summed E-state index contributed by atoms with van der Waals surface area (Å²) in [6.45, 7) is 9.47. The SMILES string of the molecule is CCN1CCN(c2ccc(NC(=O)CCc3nc4c(cnn4-c4ccccc4)c(=O)[nH]3)c(C)c2)CC1. The molecular weight excluding hydrogens is 454 g/mol. The molecule has 4 aromatic rings. The number of aromatic amines is 1. The number of amides is 1. The molecule has 36 heavy (non-hydrogen) atoms. The van der Waals surface area contributed by atoms with E-state index in [1.807, 2.05) is 43.3 Å². The van der Waals surface area contributed by atoms with Crippen LogP contribution in [-0.4, -0.2) is 63.3 Å². The van der Waals surface area contributed by atoms with E-state index < -0.39 is 0 Å². The van der Waals surface area contributed by atoms with Crippen LogP contribution in [0.25, 0.3) is 16.7 Å². The lowest BCUT2D eigenvalue weighted by Crippen LogP contribution is -2.46. The average Bonchev–Trinajstić information content (AvgIpc) is 3.34. The number of hydrogen-bond donors (Lipinski definition) is 2. The summed E-state index contributed by atoms with van der Waals surface area (Å²) in [4.78, 5) is 37.5. The zero-order chi connectivity index (χ0) is 25.1. The molecule has 2 N–H and O–H groups in total. The maximum atomic E-state index is 12.7. The maximum Gasteiger partial charge on any atom is 0.262 e. The van der Waals surface area contributed by atoms with E-state index in [1.54, 1.807) is 4.68 Å². The zero-order valence-corrected chi connectivity index (χ0v) is 20.7. The van der Waals surface area contributed by atoms with Gasteiger partial charge in [-0.3, -0.25) is 9.59 Å². The average molecular weight is 486 g/mol. The van der Waals surface area contributed by atoms with E-state index in [9.17, 15) is 9.59 Å². The van der Waals surface area contributed by atoms with Crippen LogP contribution in [0.1, 0.15) is 24.7 Å². The lowest BCUT2D eigenvalue weighted by atomic mass is 10.1. The number of aromatic nitrogens is 4. The summed E-state index contributed by atoms with van der Waals surface area (Å²) >= 11 is 0. The fourth-order valence-electron chi connectivity index (χ4n) is 4.59. The van der Waals surface area contributed by atoms with Gasteiger partial charge >= 0.3 is 0 Å². The molecule has 186 valence electrons. The number of benzene rings is 2. The molecule has 0 atom stereocenters. The summed E-state index contributed by atoms with van der Waals surface area (Å²) < 4.78 is 1.64. The molecule has 0 aliphatic carbocycles. The molecule has 3 heterocycles. The van der Waals surface area contributed by atoms with Gasteiger partial charge in [0.2, 0.25) is 5.91 Å². The van der Waals surface area contributed by atoms with E-state index in [2.05, 4.69) is 49.2 Å². The van der Waals surface area contributed by atoms with Crippen LogP contribution in [0.2, 0.25) is 0 Å². The molecule has 5 rings (SSSR count). The van der Waals surface area contributed by atoms with Gasteiger partial charge < -0.3 is 20.1 Å². The van der Waals surface area contributed by atoms with Crippen molar-refractivity contribution in [2.75, 3.05) is 42.9 Å². The Kier molecular flexibility index (Phi) is 6.81. The Labute approximate surface area is 209 Å². The Hall–Kier alpha value is -3.98. The quantitative estimate of drug-likeness (QED) is 0.417. The maximum absolute atomic E-state index is 12.7. The number of H-pyrrole nitrogens is 1. The molecule has 9 heteroatoms. The third-order valence-electron chi connectivity index (χ3n) is 6.75. The zero-order valence-electron chi connectivity index (χ0n) is 20.7. The summed E-state index contributed by atoms with van der Waals surface area (Å²) in [6, 6.07) is 15.7. The second-order valence-corrected chi connectivity index (χ2v) is 9.11. The third-order valence-corrected chi connectivity index (χ3v) is 6.75. The van der Waals surface area contributed by atoms with Crippen molar-refractivity contribution >= 4 is 28.3 Å². The third kappa shape index (κ3) is 5.01. The van der Waals surface area contributed by atoms with Gasteiger partial charge in [-0.05, 0) is 49.4 Å². The van der Waals surface area contributed by atoms with Crippen molar-refractivity contribution in [3.8, 4) is 5.69 Å². The highest BCUT2D eigenvalue weighted by atomic mass is 16.1. The Morgan fingerprint density at radius 1 is 1.06 bits per heavy atom. The van der Waals surface area contributed by atoms with Gasteiger partial charge in [-0.25, -0.2) is 9.67 Å². The van der Waals surface area contributed by atoms with Crippen molar-refractivity contribution in [2.24, 2.45) is 0 Å². The van der Waals surface area contributed by atoms with E-state index in [4.69, 9.17) is 0 Å². The minimum absolute atomic E-state index is 0.123. The number of fused-ring (bicyclic) bond motifs is 1. The van der Waals surface area contributed by atoms with Crippen LogP contribution >= 0.6 is 0 Å². The minimum atomic E-state index is -0.260. The number of aryl methyl sites for hydroxylation is 2. The standard InChI is InChI=1S/C27H31N7O2/c1-3-32-13-15-33(16-14-32)21-9-10-23(19(2)17-21)29-25(35)12-11-24-30-26-22(27(36)31-24)18-28-34(26)20-7-5-4-6-8-20/h4-10,17-18H,3,11-16H2,1-2H3,(H,29,35)(H,30,31,36). The molecule has 0 unspecified atom stereocenters.